The second-order valence-electron chi connectivity index (χ2n) is 6.47. The van der Waals surface area contributed by atoms with E-state index in [2.05, 4.69) is 0 Å². The van der Waals surface area contributed by atoms with Gasteiger partial charge in [0, 0.05) is 13.6 Å². The summed E-state index contributed by atoms with van der Waals surface area (Å²) in [6.45, 7) is 4.09. The van der Waals surface area contributed by atoms with Gasteiger partial charge in [-0.05, 0) is 37.1 Å². The molecule has 0 fully saturated rings. The van der Waals surface area contributed by atoms with Gasteiger partial charge in [-0.15, -0.1) is 0 Å². The van der Waals surface area contributed by atoms with Gasteiger partial charge in [-0.1, -0.05) is 42.0 Å². The Morgan fingerprint density at radius 2 is 1.69 bits per heavy atom. The van der Waals surface area contributed by atoms with Crippen molar-refractivity contribution >= 4 is 23.1 Å². The van der Waals surface area contributed by atoms with Crippen molar-refractivity contribution < 1.29 is 14.7 Å². The number of anilines is 1. The van der Waals surface area contributed by atoms with Crippen molar-refractivity contribution in [3.63, 3.8) is 0 Å². The van der Waals surface area contributed by atoms with Gasteiger partial charge < -0.3 is 10.0 Å². The lowest BCUT2D eigenvalue weighted by molar-refractivity contribution is -0.120. The molecule has 5 heteroatoms. The Kier molecular flexibility index (Phi) is 4.91. The molecule has 0 spiro atoms. The molecule has 3 rings (SSSR count). The average Bonchev–Trinajstić information content (AvgIpc) is 2.86. The fourth-order valence-electron chi connectivity index (χ4n) is 3.28. The van der Waals surface area contributed by atoms with E-state index >= 15 is 0 Å². The van der Waals surface area contributed by atoms with Crippen molar-refractivity contribution in [1.29, 1.82) is 0 Å². The van der Waals surface area contributed by atoms with Gasteiger partial charge in [-0.3, -0.25) is 9.59 Å². The lowest BCUT2D eigenvalue weighted by Crippen LogP contribution is -2.34. The highest BCUT2D eigenvalue weighted by Crippen LogP contribution is 2.35. The van der Waals surface area contributed by atoms with Crippen LogP contribution in [0.4, 0.5) is 5.69 Å². The number of nitrogens with zero attached hydrogens (tertiary/aromatic N) is 2. The van der Waals surface area contributed by atoms with E-state index in [-0.39, 0.29) is 25.0 Å². The number of benzene rings is 2. The van der Waals surface area contributed by atoms with Gasteiger partial charge in [0.1, 0.15) is 5.70 Å². The highest BCUT2D eigenvalue weighted by molar-refractivity contribution is 6.45. The first-order valence-corrected chi connectivity index (χ1v) is 8.53. The summed E-state index contributed by atoms with van der Waals surface area (Å²) in [5, 5.41) is 9.31. The molecule has 0 aromatic heterocycles. The van der Waals surface area contributed by atoms with Crippen molar-refractivity contribution in [3.8, 4) is 0 Å². The summed E-state index contributed by atoms with van der Waals surface area (Å²) in [6.07, 6.45) is 0. The standard InChI is InChI=1S/C21H22N2O3/c1-14-9-10-17(15(2)13-14)18-19(22(3)11-12-24)21(26)23(20(18)25)16-7-5-4-6-8-16/h4-10,13,24H,11-12H2,1-3H3. The molecule has 1 N–H and O–H groups in total. The van der Waals surface area contributed by atoms with Gasteiger partial charge in [0.05, 0.1) is 17.9 Å². The fraction of sp³-hybridized carbons (Fsp3) is 0.238. The largest absolute Gasteiger partial charge is 0.395 e. The van der Waals surface area contributed by atoms with E-state index in [1.165, 1.54) is 4.90 Å². The first kappa shape index (κ1) is 17.9. The Hall–Kier alpha value is -2.92. The number of para-hydroxylation sites is 1. The third-order valence-electron chi connectivity index (χ3n) is 4.54. The number of imide groups is 1. The lowest BCUT2D eigenvalue weighted by atomic mass is 9.97. The predicted octanol–water partition coefficient (Wildman–Crippen LogP) is 2.51. The van der Waals surface area contributed by atoms with E-state index < -0.39 is 0 Å². The fourth-order valence-corrected chi connectivity index (χ4v) is 3.28. The zero-order chi connectivity index (χ0) is 18.8. The maximum absolute atomic E-state index is 13.2. The highest BCUT2D eigenvalue weighted by atomic mass is 16.3. The molecule has 1 heterocycles. The molecule has 5 nitrogen and oxygen atoms in total. The molecule has 134 valence electrons. The van der Waals surface area contributed by atoms with Gasteiger partial charge in [0.25, 0.3) is 11.8 Å². The number of aryl methyl sites for hydroxylation is 2. The Morgan fingerprint density at radius 1 is 1.00 bits per heavy atom. The Balaban J connectivity index is 2.17. The zero-order valence-corrected chi connectivity index (χ0v) is 15.2. The maximum Gasteiger partial charge on any atom is 0.282 e. The molecular formula is C21H22N2O3. The van der Waals surface area contributed by atoms with Crippen LogP contribution >= 0.6 is 0 Å². The summed E-state index contributed by atoms with van der Waals surface area (Å²) in [7, 11) is 1.72. The molecule has 1 aliphatic heterocycles. The quantitative estimate of drug-likeness (QED) is 0.842. The SMILES string of the molecule is Cc1ccc(C2=C(N(C)CCO)C(=O)N(c3ccccc3)C2=O)c(C)c1. The molecule has 0 saturated heterocycles. The number of carbonyl (C=O) groups is 2. The molecule has 2 amide bonds. The molecule has 0 aliphatic carbocycles. The van der Waals surface area contributed by atoms with Crippen molar-refractivity contribution in [2.24, 2.45) is 0 Å². The maximum atomic E-state index is 13.2. The third-order valence-corrected chi connectivity index (χ3v) is 4.54. The highest BCUT2D eigenvalue weighted by Gasteiger charge is 2.41. The minimum Gasteiger partial charge on any atom is -0.395 e. The summed E-state index contributed by atoms with van der Waals surface area (Å²) in [5.41, 5.74) is 4.01. The predicted molar refractivity (Wildman–Crippen MR) is 101 cm³/mol. The van der Waals surface area contributed by atoms with E-state index in [9.17, 15) is 14.7 Å². The van der Waals surface area contributed by atoms with Crippen molar-refractivity contribution in [1.82, 2.24) is 4.90 Å². The monoisotopic (exact) mass is 350 g/mol. The summed E-state index contributed by atoms with van der Waals surface area (Å²) < 4.78 is 0. The van der Waals surface area contributed by atoms with Crippen LogP contribution in [0.5, 0.6) is 0 Å². The molecule has 1 aliphatic rings. The molecule has 2 aromatic rings. The van der Waals surface area contributed by atoms with Gasteiger partial charge >= 0.3 is 0 Å². The van der Waals surface area contributed by atoms with E-state index in [0.29, 0.717) is 17.0 Å². The zero-order valence-electron chi connectivity index (χ0n) is 15.2. The van der Waals surface area contributed by atoms with E-state index in [0.717, 1.165) is 16.7 Å². The lowest BCUT2D eigenvalue weighted by Gasteiger charge is -2.20. The first-order valence-electron chi connectivity index (χ1n) is 8.53. The number of carbonyl (C=O) groups excluding carboxylic acids is 2. The van der Waals surface area contributed by atoms with Crippen LogP contribution in [-0.2, 0) is 9.59 Å². The van der Waals surface area contributed by atoms with E-state index in [4.69, 9.17) is 0 Å². The number of likely N-dealkylation sites (N-methyl/N-ethyl adjacent to an activating group) is 1. The number of hydrogen-bond acceptors (Lipinski definition) is 4. The summed E-state index contributed by atoms with van der Waals surface area (Å²) in [5.74, 6) is -0.708. The molecule has 2 aromatic carbocycles. The number of aliphatic hydroxyl groups excluding tert-OH is 1. The van der Waals surface area contributed by atoms with Gasteiger partial charge in [0.2, 0.25) is 0 Å². The minimum atomic E-state index is -0.368. The van der Waals surface area contributed by atoms with Crippen LogP contribution in [-0.4, -0.2) is 42.0 Å². The summed E-state index contributed by atoms with van der Waals surface area (Å²) >= 11 is 0. The topological polar surface area (TPSA) is 60.9 Å². The Labute approximate surface area is 153 Å². The van der Waals surface area contributed by atoms with Crippen LogP contribution in [0.1, 0.15) is 16.7 Å². The van der Waals surface area contributed by atoms with Crippen LogP contribution in [0.25, 0.3) is 5.57 Å². The number of amides is 2. The second-order valence-corrected chi connectivity index (χ2v) is 6.47. The first-order chi connectivity index (χ1) is 12.5. The van der Waals surface area contributed by atoms with E-state index in [1.807, 2.05) is 38.1 Å². The van der Waals surface area contributed by atoms with Crippen LogP contribution in [0.2, 0.25) is 0 Å². The minimum absolute atomic E-state index is 0.104. The molecule has 26 heavy (non-hydrogen) atoms. The summed E-state index contributed by atoms with van der Waals surface area (Å²) in [6, 6.07) is 14.7. The Bertz CT molecular complexity index is 887. The van der Waals surface area contributed by atoms with Crippen LogP contribution < -0.4 is 4.90 Å². The number of aliphatic hydroxyl groups is 1. The molecule has 0 bridgehead atoms. The molecule has 0 unspecified atom stereocenters. The van der Waals surface area contributed by atoms with E-state index in [1.54, 1.807) is 36.2 Å². The Morgan fingerprint density at radius 3 is 2.31 bits per heavy atom. The van der Waals surface area contributed by atoms with Gasteiger partial charge in [-0.2, -0.15) is 0 Å². The second kappa shape index (κ2) is 7.14. The molecular weight excluding hydrogens is 328 g/mol. The number of rotatable bonds is 5. The van der Waals surface area contributed by atoms with Crippen molar-refractivity contribution in [2.45, 2.75) is 13.8 Å². The smallest absolute Gasteiger partial charge is 0.282 e. The molecule has 0 saturated carbocycles. The normalized spacial score (nSPS) is 14.4. The van der Waals surface area contributed by atoms with Crippen LogP contribution in [0.3, 0.4) is 0 Å². The van der Waals surface area contributed by atoms with Gasteiger partial charge in [-0.25, -0.2) is 4.90 Å². The van der Waals surface area contributed by atoms with Gasteiger partial charge in [0.15, 0.2) is 0 Å². The average molecular weight is 350 g/mol. The summed E-state index contributed by atoms with van der Waals surface area (Å²) in [4.78, 5) is 29.2. The van der Waals surface area contributed by atoms with Crippen molar-refractivity contribution in [3.05, 3.63) is 70.9 Å². The molecule has 0 atom stereocenters. The van der Waals surface area contributed by atoms with Crippen LogP contribution in [0.15, 0.2) is 54.2 Å². The van der Waals surface area contributed by atoms with Crippen molar-refractivity contribution in [2.75, 3.05) is 25.1 Å². The number of hydrogen-bond donors (Lipinski definition) is 1. The third kappa shape index (κ3) is 3.02. The molecule has 0 radical (unpaired) electrons. The van der Waals surface area contributed by atoms with Crippen LogP contribution in [0, 0.1) is 13.8 Å².